The minimum absolute atomic E-state index is 0.698. The molecule has 0 N–H and O–H groups in total. The molecule has 3 aromatic carbocycles. The molecule has 34 heavy (non-hydrogen) atoms. The summed E-state index contributed by atoms with van der Waals surface area (Å²) in [5.41, 5.74) is 7.07. The molecule has 0 aliphatic heterocycles. The lowest BCUT2D eigenvalue weighted by molar-refractivity contribution is -0.643. The highest BCUT2D eigenvalue weighted by molar-refractivity contribution is 6.92. The van der Waals surface area contributed by atoms with Crippen LogP contribution in [0.5, 0.6) is 0 Å². The Morgan fingerprint density at radius 2 is 1.65 bits per heavy atom. The van der Waals surface area contributed by atoms with Crippen LogP contribution in [0.25, 0.3) is 53.8 Å². The van der Waals surface area contributed by atoms with Crippen LogP contribution in [0.2, 0.25) is 18.1 Å². The summed E-state index contributed by atoms with van der Waals surface area (Å²) in [6.07, 6.45) is 2.23. The summed E-state index contributed by atoms with van der Waals surface area (Å²) >= 11 is 0. The van der Waals surface area contributed by atoms with E-state index < -0.39 is 8.07 Å². The summed E-state index contributed by atoms with van der Waals surface area (Å²) in [7, 11) is 0.597. The molecule has 3 aromatic heterocycles. The Morgan fingerprint density at radius 3 is 2.35 bits per heavy atom. The summed E-state index contributed by atoms with van der Waals surface area (Å²) in [4.78, 5) is 3.73. The first-order valence-corrected chi connectivity index (χ1v) is 15.0. The van der Waals surface area contributed by atoms with E-state index >= 15 is 0 Å². The molecule has 0 atom stereocenters. The van der Waals surface area contributed by atoms with Gasteiger partial charge in [0.15, 0.2) is 11.9 Å². The highest BCUT2D eigenvalue weighted by atomic mass is 28.3. The molecule has 0 saturated heterocycles. The summed E-state index contributed by atoms with van der Waals surface area (Å²) in [6.45, 7) is 17.0. The Kier molecular flexibility index (Phi) is 4.53. The van der Waals surface area contributed by atoms with Gasteiger partial charge < -0.3 is 4.40 Å². The summed E-state index contributed by atoms with van der Waals surface area (Å²) in [6, 6.07) is 21.8. The highest BCUT2D eigenvalue weighted by Gasteiger charge is 2.31. The van der Waals surface area contributed by atoms with E-state index in [1.54, 1.807) is 5.19 Å². The van der Waals surface area contributed by atoms with Crippen molar-refractivity contribution in [3.63, 3.8) is 0 Å². The van der Waals surface area contributed by atoms with Crippen LogP contribution in [0.4, 0.5) is 5.69 Å². The van der Waals surface area contributed by atoms with Crippen molar-refractivity contribution in [1.82, 2.24) is 4.40 Å². The molecular formula is C30H30N3Si+. The fraction of sp³-hybridized carbons (Fsp3) is 0.267. The quantitative estimate of drug-likeness (QED) is 0.0855. The molecule has 0 aliphatic carbocycles. The van der Waals surface area contributed by atoms with Crippen LogP contribution >= 0.6 is 0 Å². The zero-order valence-corrected chi connectivity index (χ0v) is 21.7. The van der Waals surface area contributed by atoms with Gasteiger partial charge in [0.05, 0.1) is 42.0 Å². The SMILES string of the molecule is [C-]#[N+]c1ccc2c(c1)c1ccc(C)c3c1n2c1cc([Si](CC)(CC)CC)cc2cc[n+](C)c3c21. The minimum Gasteiger partial charge on any atom is -0.308 e. The van der Waals surface area contributed by atoms with Gasteiger partial charge in [-0.05, 0) is 41.5 Å². The number of aryl methyl sites for hydroxylation is 2. The molecule has 4 heteroatoms. The maximum atomic E-state index is 7.57. The second-order valence-electron chi connectivity index (χ2n) is 9.88. The molecule has 0 amide bonds. The monoisotopic (exact) mass is 460 g/mol. The average Bonchev–Trinajstić information content (AvgIpc) is 3.19. The Labute approximate surface area is 201 Å². The lowest BCUT2D eigenvalue weighted by atomic mass is 10.00. The lowest BCUT2D eigenvalue weighted by Crippen LogP contribution is -2.45. The van der Waals surface area contributed by atoms with Gasteiger partial charge in [0.25, 0.3) is 0 Å². The van der Waals surface area contributed by atoms with Crippen molar-refractivity contribution >= 4 is 67.9 Å². The molecular weight excluding hydrogens is 430 g/mol. The third kappa shape index (κ3) is 2.54. The van der Waals surface area contributed by atoms with Crippen molar-refractivity contribution in [1.29, 1.82) is 0 Å². The molecule has 0 radical (unpaired) electrons. The van der Waals surface area contributed by atoms with Crippen LogP contribution in [-0.4, -0.2) is 12.5 Å². The maximum absolute atomic E-state index is 7.57. The van der Waals surface area contributed by atoms with E-state index in [0.717, 1.165) is 0 Å². The van der Waals surface area contributed by atoms with Crippen LogP contribution in [-0.2, 0) is 7.05 Å². The van der Waals surface area contributed by atoms with E-state index in [-0.39, 0.29) is 0 Å². The molecule has 0 saturated carbocycles. The zero-order valence-electron chi connectivity index (χ0n) is 20.7. The predicted octanol–water partition coefficient (Wildman–Crippen LogP) is 7.39. The second-order valence-corrected chi connectivity index (χ2v) is 15.1. The first-order chi connectivity index (χ1) is 16.5. The predicted molar refractivity (Wildman–Crippen MR) is 148 cm³/mol. The molecule has 0 spiro atoms. The molecule has 168 valence electrons. The number of rotatable bonds is 4. The van der Waals surface area contributed by atoms with E-state index in [4.69, 9.17) is 6.57 Å². The van der Waals surface area contributed by atoms with E-state index in [1.807, 2.05) is 6.07 Å². The smallest absolute Gasteiger partial charge is 0.224 e. The van der Waals surface area contributed by atoms with E-state index in [9.17, 15) is 0 Å². The van der Waals surface area contributed by atoms with Crippen LogP contribution in [0.15, 0.2) is 54.7 Å². The third-order valence-corrected chi connectivity index (χ3v) is 14.2. The molecule has 6 aromatic rings. The molecule has 0 bridgehead atoms. The Balaban J connectivity index is 1.97. The van der Waals surface area contributed by atoms with Crippen LogP contribution < -0.4 is 9.75 Å². The van der Waals surface area contributed by atoms with Crippen molar-refractivity contribution in [2.45, 2.75) is 45.8 Å². The van der Waals surface area contributed by atoms with Gasteiger partial charge in [0.1, 0.15) is 7.05 Å². The Hall–Kier alpha value is -3.42. The first-order valence-electron chi connectivity index (χ1n) is 12.4. The maximum Gasteiger partial charge on any atom is 0.224 e. The third-order valence-electron chi connectivity index (χ3n) is 8.59. The molecule has 3 nitrogen and oxygen atoms in total. The van der Waals surface area contributed by atoms with Gasteiger partial charge >= 0.3 is 0 Å². The largest absolute Gasteiger partial charge is 0.308 e. The Bertz CT molecular complexity index is 1790. The molecule has 0 fully saturated rings. The van der Waals surface area contributed by atoms with Crippen molar-refractivity contribution in [2.75, 3.05) is 0 Å². The van der Waals surface area contributed by atoms with Gasteiger partial charge in [-0.15, -0.1) is 0 Å². The van der Waals surface area contributed by atoms with Gasteiger partial charge in [0.2, 0.25) is 5.52 Å². The number of benzene rings is 3. The highest BCUT2D eigenvalue weighted by Crippen LogP contribution is 2.41. The minimum atomic E-state index is -1.57. The summed E-state index contributed by atoms with van der Waals surface area (Å²) in [5, 5.41) is 7.98. The zero-order chi connectivity index (χ0) is 23.8. The fourth-order valence-corrected chi connectivity index (χ4v) is 10.1. The first kappa shape index (κ1) is 21.1. The number of aromatic nitrogens is 2. The molecule has 6 rings (SSSR count). The van der Waals surface area contributed by atoms with Crippen molar-refractivity contribution in [3.8, 4) is 0 Å². The molecule has 3 heterocycles. The molecule has 0 unspecified atom stereocenters. The average molecular weight is 461 g/mol. The standard InChI is InChI=1S/C30H30N3Si/c1-7-34(8-2,9-3)22-16-20-14-15-32(6)30-27-19(4)10-12-23-24-17-21(31-5)11-13-25(24)33(29(23)27)26(18-22)28(20)30/h10-18H,7-9H2,1-4,6H3/q+1. The summed E-state index contributed by atoms with van der Waals surface area (Å²) in [5.74, 6) is 0. The van der Waals surface area contributed by atoms with Crippen LogP contribution in [0.3, 0.4) is 0 Å². The number of hydrogen-bond donors (Lipinski definition) is 0. The fourth-order valence-electron chi connectivity index (χ4n) is 6.44. The van der Waals surface area contributed by atoms with Crippen LogP contribution in [0.1, 0.15) is 26.3 Å². The van der Waals surface area contributed by atoms with Gasteiger partial charge in [0, 0.05) is 11.5 Å². The number of nitrogens with zero attached hydrogens (tertiary/aromatic N) is 3. The van der Waals surface area contributed by atoms with E-state index in [1.165, 1.54) is 72.7 Å². The van der Waals surface area contributed by atoms with Gasteiger partial charge in [-0.3, -0.25) is 0 Å². The number of fused-ring (bicyclic) bond motifs is 5. The van der Waals surface area contributed by atoms with Crippen molar-refractivity contribution in [2.24, 2.45) is 7.05 Å². The normalized spacial score (nSPS) is 12.6. The second kappa shape index (κ2) is 7.29. The van der Waals surface area contributed by atoms with Crippen LogP contribution in [0, 0.1) is 13.5 Å². The van der Waals surface area contributed by atoms with Gasteiger partial charge in [-0.25, -0.2) is 9.41 Å². The van der Waals surface area contributed by atoms with E-state index in [2.05, 4.69) is 97.2 Å². The van der Waals surface area contributed by atoms with Crippen molar-refractivity contribution in [3.05, 3.63) is 71.7 Å². The van der Waals surface area contributed by atoms with Gasteiger partial charge in [-0.2, -0.15) is 0 Å². The van der Waals surface area contributed by atoms with Gasteiger partial charge in [-0.1, -0.05) is 68.4 Å². The van der Waals surface area contributed by atoms with Crippen molar-refractivity contribution < 1.29 is 4.57 Å². The summed E-state index contributed by atoms with van der Waals surface area (Å²) < 4.78 is 4.79. The lowest BCUT2D eigenvalue weighted by Gasteiger charge is -2.29. The number of pyridine rings is 2. The number of hydrogen-bond acceptors (Lipinski definition) is 0. The molecule has 0 aliphatic rings. The Morgan fingerprint density at radius 1 is 0.882 bits per heavy atom. The van der Waals surface area contributed by atoms with E-state index in [0.29, 0.717) is 5.69 Å². The topological polar surface area (TPSA) is 12.6 Å².